The summed E-state index contributed by atoms with van der Waals surface area (Å²) in [6.45, 7) is 0.957. The molecule has 1 aromatic carbocycles. The van der Waals surface area contributed by atoms with Crippen LogP contribution in [0.4, 0.5) is 5.69 Å². The van der Waals surface area contributed by atoms with Gasteiger partial charge in [0.2, 0.25) is 0 Å². The van der Waals surface area contributed by atoms with Gasteiger partial charge < -0.3 is 4.90 Å². The van der Waals surface area contributed by atoms with Crippen molar-refractivity contribution in [2.45, 2.75) is 24.2 Å². The summed E-state index contributed by atoms with van der Waals surface area (Å²) in [5.41, 5.74) is 1.84. The molecule has 1 aliphatic rings. The molecule has 0 aliphatic carbocycles. The topological polar surface area (TPSA) is 37.4 Å². The van der Waals surface area contributed by atoms with Gasteiger partial charge in [-0.1, -0.05) is 6.07 Å². The van der Waals surface area contributed by atoms with E-state index in [0.717, 1.165) is 37.1 Å². The fourth-order valence-corrected chi connectivity index (χ4v) is 3.34. The molecule has 0 fully saturated rings. The summed E-state index contributed by atoms with van der Waals surface area (Å²) in [6.07, 6.45) is 2.86. The molecule has 1 heterocycles. The Kier molecular flexibility index (Phi) is 3.13. The summed E-state index contributed by atoms with van der Waals surface area (Å²) in [6, 6.07) is 5.28. The normalized spacial score (nSPS) is 16.8. The first kappa shape index (κ1) is 11.7. The van der Waals surface area contributed by atoms with Gasteiger partial charge in [-0.15, -0.1) is 0 Å². The predicted octanol–water partition coefficient (Wildman–Crippen LogP) is 2.39. The number of nitrogens with zero attached hydrogens (tertiary/aromatic N) is 1. The molecule has 3 nitrogen and oxygen atoms in total. The van der Waals surface area contributed by atoms with E-state index < -0.39 is 9.05 Å². The fourth-order valence-electron chi connectivity index (χ4n) is 2.16. The van der Waals surface area contributed by atoms with E-state index in [4.69, 9.17) is 10.7 Å². The minimum atomic E-state index is -3.64. The van der Waals surface area contributed by atoms with Crippen LogP contribution in [0.2, 0.25) is 0 Å². The van der Waals surface area contributed by atoms with Crippen molar-refractivity contribution in [3.63, 3.8) is 0 Å². The van der Waals surface area contributed by atoms with E-state index in [1.807, 2.05) is 13.1 Å². The summed E-state index contributed by atoms with van der Waals surface area (Å²) in [4.78, 5) is 2.36. The van der Waals surface area contributed by atoms with Gasteiger partial charge >= 0.3 is 0 Å². The van der Waals surface area contributed by atoms with Gasteiger partial charge in [0.15, 0.2) is 0 Å². The molecular formula is C11H14ClNO2S. The Morgan fingerprint density at radius 3 is 2.75 bits per heavy atom. The summed E-state index contributed by atoms with van der Waals surface area (Å²) in [7, 11) is 3.79. The van der Waals surface area contributed by atoms with Crippen molar-refractivity contribution in [2.24, 2.45) is 0 Å². The van der Waals surface area contributed by atoms with E-state index in [9.17, 15) is 8.42 Å². The van der Waals surface area contributed by atoms with Crippen molar-refractivity contribution in [1.29, 1.82) is 0 Å². The average molecular weight is 260 g/mol. The Hall–Kier alpha value is -0.740. The largest absolute Gasteiger partial charge is 0.374 e. The summed E-state index contributed by atoms with van der Waals surface area (Å²) < 4.78 is 22.9. The van der Waals surface area contributed by atoms with Crippen molar-refractivity contribution in [3.05, 3.63) is 23.8 Å². The first-order valence-electron chi connectivity index (χ1n) is 5.28. The van der Waals surface area contributed by atoms with Gasteiger partial charge in [-0.2, -0.15) is 0 Å². The zero-order valence-electron chi connectivity index (χ0n) is 9.11. The van der Waals surface area contributed by atoms with Gasteiger partial charge in [0.25, 0.3) is 9.05 Å². The van der Waals surface area contributed by atoms with Crippen LogP contribution >= 0.6 is 10.7 Å². The maximum absolute atomic E-state index is 11.5. The standard InChI is InChI=1S/C11H14ClNO2S/c1-13-8-3-2-5-9-10(13)6-4-7-11(9)16(12,14)15/h4,6-7H,2-3,5,8H2,1H3. The minimum Gasteiger partial charge on any atom is -0.374 e. The molecule has 1 aliphatic heterocycles. The van der Waals surface area contributed by atoms with Crippen LogP contribution in [-0.2, 0) is 15.5 Å². The second-order valence-corrected chi connectivity index (χ2v) is 6.60. The maximum Gasteiger partial charge on any atom is 0.261 e. The van der Waals surface area contributed by atoms with Crippen LogP contribution in [0.3, 0.4) is 0 Å². The number of hydrogen-bond donors (Lipinski definition) is 0. The van der Waals surface area contributed by atoms with Gasteiger partial charge in [-0.3, -0.25) is 0 Å². The van der Waals surface area contributed by atoms with Crippen molar-refractivity contribution in [1.82, 2.24) is 0 Å². The molecule has 0 spiro atoms. The first-order chi connectivity index (χ1) is 7.50. The molecule has 0 aromatic heterocycles. The van der Waals surface area contributed by atoms with E-state index in [0.29, 0.717) is 0 Å². The summed E-state index contributed by atoms with van der Waals surface area (Å²) in [5.74, 6) is 0. The van der Waals surface area contributed by atoms with Crippen molar-refractivity contribution >= 4 is 25.4 Å². The maximum atomic E-state index is 11.5. The van der Waals surface area contributed by atoms with Crippen LogP contribution in [0, 0.1) is 0 Å². The quantitative estimate of drug-likeness (QED) is 0.727. The molecule has 2 rings (SSSR count). The van der Waals surface area contributed by atoms with Crippen molar-refractivity contribution in [3.8, 4) is 0 Å². The molecule has 0 unspecified atom stereocenters. The second kappa shape index (κ2) is 4.26. The monoisotopic (exact) mass is 259 g/mol. The molecule has 1 aromatic rings. The molecule has 0 N–H and O–H groups in total. The predicted molar refractivity (Wildman–Crippen MR) is 65.7 cm³/mol. The molecule has 0 amide bonds. The van der Waals surface area contributed by atoms with Crippen LogP contribution in [0.25, 0.3) is 0 Å². The van der Waals surface area contributed by atoms with Crippen LogP contribution in [0.15, 0.2) is 23.1 Å². The molecule has 0 saturated carbocycles. The Balaban J connectivity index is 2.62. The highest BCUT2D eigenvalue weighted by Gasteiger charge is 2.21. The van der Waals surface area contributed by atoms with E-state index in [1.54, 1.807) is 12.1 Å². The van der Waals surface area contributed by atoms with Gasteiger partial charge in [0.05, 0.1) is 4.90 Å². The lowest BCUT2D eigenvalue weighted by atomic mass is 10.1. The number of hydrogen-bond acceptors (Lipinski definition) is 3. The minimum absolute atomic E-state index is 0.264. The SMILES string of the molecule is CN1CCCCc2c1cccc2S(=O)(=O)Cl. The zero-order valence-corrected chi connectivity index (χ0v) is 10.7. The number of rotatable bonds is 1. The van der Waals surface area contributed by atoms with E-state index in [-0.39, 0.29) is 4.90 Å². The lowest BCUT2D eigenvalue weighted by molar-refractivity contribution is 0.608. The molecule has 16 heavy (non-hydrogen) atoms. The number of halogens is 1. The average Bonchev–Trinajstić information content (AvgIpc) is 2.39. The van der Waals surface area contributed by atoms with Crippen LogP contribution in [0.1, 0.15) is 18.4 Å². The highest BCUT2D eigenvalue weighted by atomic mass is 35.7. The van der Waals surface area contributed by atoms with Crippen molar-refractivity contribution in [2.75, 3.05) is 18.5 Å². The third-order valence-corrected chi connectivity index (χ3v) is 4.36. The van der Waals surface area contributed by atoms with E-state index in [2.05, 4.69) is 4.90 Å². The lowest BCUT2D eigenvalue weighted by Crippen LogP contribution is -2.18. The smallest absolute Gasteiger partial charge is 0.261 e. The molecule has 88 valence electrons. The Bertz CT molecular complexity index is 499. The third kappa shape index (κ3) is 2.18. The third-order valence-electron chi connectivity index (χ3n) is 2.95. The molecule has 0 saturated heterocycles. The summed E-state index contributed by atoms with van der Waals surface area (Å²) >= 11 is 0. The molecule has 0 bridgehead atoms. The van der Waals surface area contributed by atoms with Crippen LogP contribution in [-0.4, -0.2) is 22.0 Å². The van der Waals surface area contributed by atoms with Gasteiger partial charge in [-0.05, 0) is 37.0 Å². The van der Waals surface area contributed by atoms with E-state index >= 15 is 0 Å². The van der Waals surface area contributed by atoms with Gasteiger partial charge in [-0.25, -0.2) is 8.42 Å². The van der Waals surface area contributed by atoms with Gasteiger partial charge in [0, 0.05) is 30.0 Å². The zero-order chi connectivity index (χ0) is 11.8. The van der Waals surface area contributed by atoms with E-state index in [1.165, 1.54) is 0 Å². The highest BCUT2D eigenvalue weighted by Crippen LogP contribution is 2.32. The van der Waals surface area contributed by atoms with Gasteiger partial charge in [0.1, 0.15) is 0 Å². The lowest BCUT2D eigenvalue weighted by Gasteiger charge is -2.20. The Morgan fingerprint density at radius 2 is 2.06 bits per heavy atom. The van der Waals surface area contributed by atoms with Crippen LogP contribution in [0.5, 0.6) is 0 Å². The fraction of sp³-hybridized carbons (Fsp3) is 0.455. The molecule has 5 heteroatoms. The first-order valence-corrected chi connectivity index (χ1v) is 7.59. The number of fused-ring (bicyclic) bond motifs is 1. The van der Waals surface area contributed by atoms with Crippen LogP contribution < -0.4 is 4.90 Å². The number of anilines is 1. The molecule has 0 radical (unpaired) electrons. The Labute approximate surface area is 100 Å². The second-order valence-electron chi connectivity index (χ2n) is 4.07. The molecular weight excluding hydrogens is 246 g/mol. The Morgan fingerprint density at radius 1 is 1.31 bits per heavy atom. The number of benzene rings is 1. The highest BCUT2D eigenvalue weighted by molar-refractivity contribution is 8.13. The molecule has 0 atom stereocenters. The summed E-state index contributed by atoms with van der Waals surface area (Å²) in [5, 5.41) is 0. The van der Waals surface area contributed by atoms with Crippen molar-refractivity contribution < 1.29 is 8.42 Å².